The molecule has 1 atom stereocenters. The van der Waals surface area contributed by atoms with Gasteiger partial charge in [-0.05, 0) is 63.1 Å². The van der Waals surface area contributed by atoms with E-state index in [2.05, 4.69) is 5.10 Å². The van der Waals surface area contributed by atoms with Crippen molar-refractivity contribution in [2.24, 2.45) is 0 Å². The molecule has 0 amide bonds. The zero-order chi connectivity index (χ0) is 19.3. The van der Waals surface area contributed by atoms with Crippen LogP contribution in [0.3, 0.4) is 0 Å². The van der Waals surface area contributed by atoms with E-state index < -0.39 is 10.0 Å². The van der Waals surface area contributed by atoms with Crippen molar-refractivity contribution in [3.05, 3.63) is 71.3 Å². The highest BCUT2D eigenvalue weighted by molar-refractivity contribution is 7.93. The van der Waals surface area contributed by atoms with Crippen LogP contribution in [0.2, 0.25) is 0 Å². The van der Waals surface area contributed by atoms with Crippen LogP contribution in [0.15, 0.2) is 53.4 Å². The van der Waals surface area contributed by atoms with Gasteiger partial charge in [-0.25, -0.2) is 17.5 Å². The zero-order valence-corrected chi connectivity index (χ0v) is 16.2. The van der Waals surface area contributed by atoms with E-state index in [0.29, 0.717) is 23.5 Å². The summed E-state index contributed by atoms with van der Waals surface area (Å²) in [5, 5.41) is 4.42. The maximum absolute atomic E-state index is 13.6. The number of rotatable bonds is 3. The summed E-state index contributed by atoms with van der Waals surface area (Å²) in [7, 11) is -3.78. The lowest BCUT2D eigenvalue weighted by Gasteiger charge is -2.24. The van der Waals surface area contributed by atoms with Crippen molar-refractivity contribution in [1.82, 2.24) is 9.78 Å². The first-order valence-electron chi connectivity index (χ1n) is 8.75. The topological polar surface area (TPSA) is 55.2 Å². The lowest BCUT2D eigenvalue weighted by molar-refractivity contribution is 0.583. The van der Waals surface area contributed by atoms with Crippen LogP contribution in [-0.4, -0.2) is 24.2 Å². The zero-order valence-electron chi connectivity index (χ0n) is 15.3. The van der Waals surface area contributed by atoms with Crippen LogP contribution < -0.4 is 4.31 Å². The number of hydrogen-bond acceptors (Lipinski definition) is 3. The lowest BCUT2D eigenvalue weighted by Crippen LogP contribution is -2.36. The van der Waals surface area contributed by atoms with Crippen LogP contribution in [-0.2, 0) is 16.4 Å². The molecule has 0 saturated heterocycles. The van der Waals surface area contributed by atoms with E-state index in [9.17, 15) is 12.8 Å². The molecule has 1 unspecified atom stereocenters. The van der Waals surface area contributed by atoms with E-state index in [4.69, 9.17) is 0 Å². The normalized spacial score (nSPS) is 16.6. The van der Waals surface area contributed by atoms with Gasteiger partial charge in [-0.1, -0.05) is 18.2 Å². The molecule has 0 saturated carbocycles. The van der Waals surface area contributed by atoms with E-state index in [0.717, 1.165) is 11.3 Å². The summed E-state index contributed by atoms with van der Waals surface area (Å²) in [6, 6.07) is 13.2. The number of sulfonamides is 1. The molecule has 0 radical (unpaired) electrons. The van der Waals surface area contributed by atoms with E-state index >= 15 is 0 Å². The summed E-state index contributed by atoms with van der Waals surface area (Å²) in [5.41, 5.74) is 3.30. The standard InChI is InChI=1S/C20H20FN3O2S/c1-13-12-16-6-4-5-7-19(16)24(13)27(25,26)20-14(2)22-23(15(20)3)18-10-8-17(21)9-11-18/h4-11,13H,12H2,1-3H3. The Kier molecular flexibility index (Phi) is 4.07. The van der Waals surface area contributed by atoms with Gasteiger partial charge in [0.15, 0.2) is 0 Å². The molecule has 27 heavy (non-hydrogen) atoms. The molecule has 7 heteroatoms. The molecule has 1 aliphatic heterocycles. The highest BCUT2D eigenvalue weighted by atomic mass is 32.2. The number of benzene rings is 2. The number of hydrogen-bond donors (Lipinski definition) is 0. The Bertz CT molecular complexity index is 1120. The third-order valence-electron chi connectivity index (χ3n) is 4.96. The summed E-state index contributed by atoms with van der Waals surface area (Å²) >= 11 is 0. The fourth-order valence-corrected chi connectivity index (χ4v) is 5.89. The van der Waals surface area contributed by atoms with Crippen LogP contribution in [0.4, 0.5) is 10.1 Å². The fraction of sp³-hybridized carbons (Fsp3) is 0.250. The number of aromatic nitrogens is 2. The SMILES string of the molecule is Cc1nn(-c2ccc(F)cc2)c(C)c1S(=O)(=O)N1c2ccccc2CC1C. The van der Waals surface area contributed by atoms with Crippen molar-refractivity contribution in [2.45, 2.75) is 38.1 Å². The Hall–Kier alpha value is -2.67. The van der Waals surface area contributed by atoms with Crippen LogP contribution in [0, 0.1) is 19.7 Å². The third-order valence-corrected chi connectivity index (χ3v) is 7.14. The van der Waals surface area contributed by atoms with E-state index in [1.807, 2.05) is 31.2 Å². The van der Waals surface area contributed by atoms with Gasteiger partial charge in [0.1, 0.15) is 10.7 Å². The van der Waals surface area contributed by atoms with Crippen LogP contribution >= 0.6 is 0 Å². The second kappa shape index (κ2) is 6.20. The van der Waals surface area contributed by atoms with Crippen LogP contribution in [0.5, 0.6) is 0 Å². The molecule has 3 aromatic rings. The maximum Gasteiger partial charge on any atom is 0.268 e. The molecule has 2 heterocycles. The molecule has 2 aromatic carbocycles. The minimum atomic E-state index is -3.78. The second-order valence-electron chi connectivity index (χ2n) is 6.87. The summed E-state index contributed by atoms with van der Waals surface area (Å²) in [6.07, 6.45) is 0.680. The molecule has 0 N–H and O–H groups in total. The molecular formula is C20H20FN3O2S. The number of para-hydroxylation sites is 1. The van der Waals surface area contributed by atoms with E-state index in [-0.39, 0.29) is 16.8 Å². The molecule has 0 aliphatic carbocycles. The Labute approximate surface area is 158 Å². The Morgan fingerprint density at radius 3 is 2.44 bits per heavy atom. The first-order valence-corrected chi connectivity index (χ1v) is 10.2. The van der Waals surface area contributed by atoms with Gasteiger partial charge >= 0.3 is 0 Å². The lowest BCUT2D eigenvalue weighted by atomic mass is 10.1. The van der Waals surface area contributed by atoms with Gasteiger partial charge in [-0.15, -0.1) is 0 Å². The summed E-state index contributed by atoms with van der Waals surface area (Å²) in [5.74, 6) is -0.351. The van der Waals surface area contributed by atoms with Crippen LogP contribution in [0.25, 0.3) is 5.69 Å². The molecule has 0 spiro atoms. The van der Waals surface area contributed by atoms with Crippen LogP contribution in [0.1, 0.15) is 23.9 Å². The molecule has 4 rings (SSSR count). The maximum atomic E-state index is 13.6. The minimum Gasteiger partial charge on any atom is -0.263 e. The van der Waals surface area contributed by atoms with Gasteiger partial charge in [-0.3, -0.25) is 4.31 Å². The van der Waals surface area contributed by atoms with Crippen molar-refractivity contribution in [3.63, 3.8) is 0 Å². The number of halogens is 1. The predicted octanol–water partition coefficient (Wildman–Crippen LogP) is 3.77. The molecule has 0 fully saturated rings. The monoisotopic (exact) mass is 385 g/mol. The van der Waals surface area contributed by atoms with Crippen molar-refractivity contribution in [2.75, 3.05) is 4.31 Å². The average molecular weight is 385 g/mol. The Morgan fingerprint density at radius 2 is 1.74 bits per heavy atom. The van der Waals surface area contributed by atoms with Gasteiger partial charge in [0.25, 0.3) is 10.0 Å². The van der Waals surface area contributed by atoms with Gasteiger partial charge in [0.2, 0.25) is 0 Å². The number of aryl methyl sites for hydroxylation is 1. The van der Waals surface area contributed by atoms with Crippen molar-refractivity contribution >= 4 is 15.7 Å². The average Bonchev–Trinajstić information content (AvgIpc) is 3.11. The molecule has 1 aliphatic rings. The van der Waals surface area contributed by atoms with Gasteiger partial charge in [0.05, 0.1) is 22.8 Å². The molecule has 1 aromatic heterocycles. The quantitative estimate of drug-likeness (QED) is 0.690. The van der Waals surface area contributed by atoms with Crippen molar-refractivity contribution in [3.8, 4) is 5.69 Å². The van der Waals surface area contributed by atoms with E-state index in [1.54, 1.807) is 30.7 Å². The summed E-state index contributed by atoms with van der Waals surface area (Å²) < 4.78 is 43.4. The highest BCUT2D eigenvalue weighted by Gasteiger charge is 2.39. The second-order valence-corrected chi connectivity index (χ2v) is 8.62. The Morgan fingerprint density at radius 1 is 1.07 bits per heavy atom. The molecular weight excluding hydrogens is 365 g/mol. The molecule has 140 valence electrons. The van der Waals surface area contributed by atoms with Gasteiger partial charge < -0.3 is 0 Å². The fourth-order valence-electron chi connectivity index (χ4n) is 3.84. The molecule has 0 bridgehead atoms. The predicted molar refractivity (Wildman–Crippen MR) is 102 cm³/mol. The number of fused-ring (bicyclic) bond motifs is 1. The number of anilines is 1. The molecule has 5 nitrogen and oxygen atoms in total. The summed E-state index contributed by atoms with van der Waals surface area (Å²) in [6.45, 7) is 5.32. The smallest absolute Gasteiger partial charge is 0.263 e. The third kappa shape index (κ3) is 2.73. The largest absolute Gasteiger partial charge is 0.268 e. The highest BCUT2D eigenvalue weighted by Crippen LogP contribution is 2.38. The van der Waals surface area contributed by atoms with E-state index in [1.165, 1.54) is 16.4 Å². The van der Waals surface area contributed by atoms with Gasteiger partial charge in [-0.2, -0.15) is 5.10 Å². The number of nitrogens with zero attached hydrogens (tertiary/aromatic N) is 3. The summed E-state index contributed by atoms with van der Waals surface area (Å²) in [4.78, 5) is 0.204. The Balaban J connectivity index is 1.85. The minimum absolute atomic E-state index is 0.166. The first-order chi connectivity index (χ1) is 12.8. The van der Waals surface area contributed by atoms with Crippen molar-refractivity contribution in [1.29, 1.82) is 0 Å². The van der Waals surface area contributed by atoms with Crippen molar-refractivity contribution < 1.29 is 12.8 Å². The van der Waals surface area contributed by atoms with Gasteiger partial charge in [0, 0.05) is 6.04 Å². The first kappa shape index (κ1) is 17.7.